The molecule has 2 aliphatic rings. The predicted molar refractivity (Wildman–Crippen MR) is 73.0 cm³/mol. The molecule has 5 heteroatoms. The lowest BCUT2D eigenvalue weighted by Gasteiger charge is -2.37. The lowest BCUT2D eigenvalue weighted by molar-refractivity contribution is 0.0890. The molecule has 1 aromatic carbocycles. The van der Waals surface area contributed by atoms with Crippen LogP contribution in [0.3, 0.4) is 0 Å². The summed E-state index contributed by atoms with van der Waals surface area (Å²) < 4.78 is 39.0. The fourth-order valence-corrected chi connectivity index (χ4v) is 5.54. The monoisotopic (exact) mass is 298 g/mol. The number of halogens is 2. The molecule has 3 rings (SSSR count). The Morgan fingerprint density at radius 3 is 2.45 bits per heavy atom. The third kappa shape index (κ3) is 2.43. The number of benzene rings is 1. The molecule has 0 amide bonds. The van der Waals surface area contributed by atoms with Gasteiger partial charge in [-0.05, 0) is 43.9 Å². The molecule has 0 spiro atoms. The first-order valence-corrected chi connectivity index (χ1v) is 8.22. The Labute approximate surface area is 119 Å². The van der Waals surface area contributed by atoms with Gasteiger partial charge >= 0.3 is 0 Å². The maximum atomic E-state index is 13.7. The third-order valence-electron chi connectivity index (χ3n) is 4.37. The molecule has 2 nitrogen and oxygen atoms in total. The standard InChI is InChI=1S/C15H16F2O2S/c16-10-4-5-14(17)13(8-10)15(18)9-6-11-2-1-3-12(7-9)20(11)19/h4-5,8-9,11-12H,1-3,6-7H2. The van der Waals surface area contributed by atoms with Gasteiger partial charge in [0.1, 0.15) is 11.6 Å². The van der Waals surface area contributed by atoms with Crippen molar-refractivity contribution in [3.05, 3.63) is 35.4 Å². The lowest BCUT2D eigenvalue weighted by Crippen LogP contribution is -2.41. The Balaban J connectivity index is 1.84. The third-order valence-corrected chi connectivity index (χ3v) is 6.54. The van der Waals surface area contributed by atoms with Crippen LogP contribution in [-0.4, -0.2) is 20.5 Å². The first-order chi connectivity index (χ1) is 9.56. The van der Waals surface area contributed by atoms with Crippen molar-refractivity contribution < 1.29 is 17.8 Å². The summed E-state index contributed by atoms with van der Waals surface area (Å²) >= 11 is 0. The number of rotatable bonds is 2. The van der Waals surface area contributed by atoms with Crippen LogP contribution in [0.2, 0.25) is 0 Å². The Morgan fingerprint density at radius 2 is 1.80 bits per heavy atom. The van der Waals surface area contributed by atoms with Crippen LogP contribution in [-0.2, 0) is 10.8 Å². The molecule has 0 saturated carbocycles. The van der Waals surface area contributed by atoms with E-state index in [2.05, 4.69) is 0 Å². The number of hydrogen-bond acceptors (Lipinski definition) is 2. The largest absolute Gasteiger partial charge is 0.294 e. The van der Waals surface area contributed by atoms with Gasteiger partial charge in [-0.3, -0.25) is 9.00 Å². The van der Waals surface area contributed by atoms with E-state index in [0.717, 1.165) is 37.5 Å². The van der Waals surface area contributed by atoms with Crippen molar-refractivity contribution in [2.45, 2.75) is 42.6 Å². The maximum absolute atomic E-state index is 13.7. The second kappa shape index (κ2) is 5.35. The summed E-state index contributed by atoms with van der Waals surface area (Å²) in [6.45, 7) is 0. The van der Waals surface area contributed by atoms with Crippen LogP contribution in [0.15, 0.2) is 18.2 Å². The molecule has 2 aliphatic heterocycles. The van der Waals surface area contributed by atoms with E-state index in [1.54, 1.807) is 0 Å². The average Bonchev–Trinajstić information content (AvgIpc) is 2.40. The molecule has 2 fully saturated rings. The van der Waals surface area contributed by atoms with E-state index in [4.69, 9.17) is 0 Å². The smallest absolute Gasteiger partial charge is 0.169 e. The lowest BCUT2D eigenvalue weighted by atomic mass is 9.84. The molecule has 108 valence electrons. The fraction of sp³-hybridized carbons (Fsp3) is 0.533. The van der Waals surface area contributed by atoms with E-state index in [1.165, 1.54) is 0 Å². The van der Waals surface area contributed by atoms with Crippen LogP contribution in [0.5, 0.6) is 0 Å². The zero-order valence-electron chi connectivity index (χ0n) is 11.0. The van der Waals surface area contributed by atoms with E-state index in [9.17, 15) is 17.8 Å². The summed E-state index contributed by atoms with van der Waals surface area (Å²) in [6.07, 6.45) is 3.88. The number of fused-ring (bicyclic) bond motifs is 2. The minimum atomic E-state index is -0.859. The Bertz CT molecular complexity index is 557. The molecular weight excluding hydrogens is 282 g/mol. The number of carbonyl (C=O) groups is 1. The summed E-state index contributed by atoms with van der Waals surface area (Å²) in [7, 11) is -0.859. The summed E-state index contributed by atoms with van der Waals surface area (Å²) in [5.41, 5.74) is -0.166. The second-order valence-corrected chi connectivity index (χ2v) is 7.65. The van der Waals surface area contributed by atoms with Gasteiger partial charge in [-0.15, -0.1) is 0 Å². The molecule has 2 unspecified atom stereocenters. The van der Waals surface area contributed by atoms with Gasteiger partial charge in [0.2, 0.25) is 0 Å². The fourth-order valence-electron chi connectivity index (χ4n) is 3.35. The average molecular weight is 298 g/mol. The quantitative estimate of drug-likeness (QED) is 0.786. The number of Topliss-reactive ketones (excluding diaryl/α,β-unsaturated/α-hetero) is 1. The van der Waals surface area contributed by atoms with Crippen LogP contribution in [0.4, 0.5) is 8.78 Å². The number of ketones is 1. The van der Waals surface area contributed by atoms with Crippen molar-refractivity contribution >= 4 is 16.6 Å². The Kier molecular flexibility index (Phi) is 3.71. The minimum absolute atomic E-state index is 0.0491. The molecule has 2 atom stereocenters. The van der Waals surface area contributed by atoms with Crippen LogP contribution in [0, 0.1) is 17.6 Å². The van der Waals surface area contributed by atoms with Gasteiger partial charge in [-0.25, -0.2) is 8.78 Å². The Morgan fingerprint density at radius 1 is 1.15 bits per heavy atom. The highest BCUT2D eigenvalue weighted by molar-refractivity contribution is 7.86. The van der Waals surface area contributed by atoms with Gasteiger partial charge < -0.3 is 0 Å². The van der Waals surface area contributed by atoms with Crippen molar-refractivity contribution in [3.63, 3.8) is 0 Å². The van der Waals surface area contributed by atoms with Gasteiger partial charge in [-0.2, -0.15) is 0 Å². The topological polar surface area (TPSA) is 34.1 Å². The minimum Gasteiger partial charge on any atom is -0.294 e. The molecular formula is C15H16F2O2S. The van der Waals surface area contributed by atoms with Gasteiger partial charge in [-0.1, -0.05) is 6.42 Å². The molecule has 0 N–H and O–H groups in total. The zero-order chi connectivity index (χ0) is 14.3. The molecule has 0 radical (unpaired) electrons. The van der Waals surface area contributed by atoms with Crippen molar-refractivity contribution in [2.75, 3.05) is 0 Å². The van der Waals surface area contributed by atoms with Crippen molar-refractivity contribution in [2.24, 2.45) is 5.92 Å². The highest BCUT2D eigenvalue weighted by Crippen LogP contribution is 2.38. The normalized spacial score (nSPS) is 32.9. The van der Waals surface area contributed by atoms with Crippen LogP contribution >= 0.6 is 0 Å². The number of hydrogen-bond donors (Lipinski definition) is 0. The summed E-state index contributed by atoms with van der Waals surface area (Å²) in [5, 5.41) is 0.0983. The predicted octanol–water partition coefficient (Wildman–Crippen LogP) is 3.23. The summed E-state index contributed by atoms with van der Waals surface area (Å²) in [4.78, 5) is 12.4. The molecule has 2 bridgehead atoms. The molecule has 1 aromatic rings. The summed E-state index contributed by atoms with van der Waals surface area (Å²) in [6, 6.07) is 2.97. The van der Waals surface area contributed by atoms with Gasteiger partial charge in [0.05, 0.1) is 5.56 Å². The Hall–Kier alpha value is -1.10. The van der Waals surface area contributed by atoms with Gasteiger partial charge in [0.25, 0.3) is 0 Å². The van der Waals surface area contributed by atoms with Gasteiger partial charge in [0.15, 0.2) is 5.78 Å². The van der Waals surface area contributed by atoms with E-state index in [-0.39, 0.29) is 27.8 Å². The first kappa shape index (κ1) is 13.9. The maximum Gasteiger partial charge on any atom is 0.169 e. The van der Waals surface area contributed by atoms with Crippen LogP contribution < -0.4 is 0 Å². The SMILES string of the molecule is O=C(c1cc(F)ccc1F)C1CC2CCCC(C1)S2=O. The molecule has 2 heterocycles. The van der Waals surface area contributed by atoms with Gasteiger partial charge in [0, 0.05) is 27.2 Å². The number of carbonyl (C=O) groups excluding carboxylic acids is 1. The highest BCUT2D eigenvalue weighted by atomic mass is 32.2. The molecule has 0 aliphatic carbocycles. The summed E-state index contributed by atoms with van der Waals surface area (Å²) in [5.74, 6) is -1.93. The molecule has 0 aromatic heterocycles. The highest BCUT2D eigenvalue weighted by Gasteiger charge is 2.41. The van der Waals surface area contributed by atoms with Crippen molar-refractivity contribution in [1.29, 1.82) is 0 Å². The van der Waals surface area contributed by atoms with E-state index >= 15 is 0 Å². The molecule has 20 heavy (non-hydrogen) atoms. The first-order valence-electron chi connectivity index (χ1n) is 6.95. The van der Waals surface area contributed by atoms with Crippen LogP contribution in [0.25, 0.3) is 0 Å². The zero-order valence-corrected chi connectivity index (χ0v) is 11.8. The second-order valence-electron chi connectivity index (χ2n) is 5.66. The van der Waals surface area contributed by atoms with E-state index in [1.807, 2.05) is 0 Å². The van der Waals surface area contributed by atoms with Crippen molar-refractivity contribution in [3.8, 4) is 0 Å². The van der Waals surface area contributed by atoms with Crippen molar-refractivity contribution in [1.82, 2.24) is 0 Å². The van der Waals surface area contributed by atoms with E-state index in [0.29, 0.717) is 12.8 Å². The molecule has 2 saturated heterocycles. The van der Waals surface area contributed by atoms with Crippen LogP contribution in [0.1, 0.15) is 42.5 Å². The van der Waals surface area contributed by atoms with E-state index < -0.39 is 22.4 Å².